The number of nitrogens with zero attached hydrogens (tertiary/aromatic N) is 5. The van der Waals surface area contributed by atoms with E-state index in [2.05, 4.69) is 27.2 Å². The van der Waals surface area contributed by atoms with Crippen LogP contribution in [0.2, 0.25) is 5.02 Å². The Labute approximate surface area is 150 Å². The van der Waals surface area contributed by atoms with Crippen molar-refractivity contribution in [2.75, 3.05) is 6.54 Å². The predicted octanol–water partition coefficient (Wildman–Crippen LogP) is 2.52. The van der Waals surface area contributed by atoms with Crippen molar-refractivity contribution in [1.82, 2.24) is 24.5 Å². The van der Waals surface area contributed by atoms with Gasteiger partial charge in [-0.05, 0) is 31.4 Å². The van der Waals surface area contributed by atoms with Gasteiger partial charge in [0.25, 0.3) is 5.78 Å². The lowest BCUT2D eigenvalue weighted by Gasteiger charge is -2.28. The van der Waals surface area contributed by atoms with Gasteiger partial charge in [-0.25, -0.2) is 4.98 Å². The van der Waals surface area contributed by atoms with E-state index in [9.17, 15) is 4.79 Å². The molecule has 2 aromatic heterocycles. The molecule has 6 nitrogen and oxygen atoms in total. The fourth-order valence-electron chi connectivity index (χ4n) is 3.23. The fourth-order valence-corrected chi connectivity index (χ4v) is 3.35. The fraction of sp³-hybridized carbons (Fsp3) is 0.333. The maximum absolute atomic E-state index is 12.7. The summed E-state index contributed by atoms with van der Waals surface area (Å²) < 4.78 is 1.60. The summed E-state index contributed by atoms with van der Waals surface area (Å²) in [4.78, 5) is 23.3. The van der Waals surface area contributed by atoms with E-state index in [1.54, 1.807) is 4.52 Å². The summed E-state index contributed by atoms with van der Waals surface area (Å²) in [5.74, 6) is 0.984. The average Bonchev–Trinajstić information content (AvgIpc) is 3.01. The number of carbonyl (C=O) groups excluding carboxylic acids is 1. The number of carbonyl (C=O) groups is 1. The van der Waals surface area contributed by atoms with Gasteiger partial charge < -0.3 is 4.90 Å². The highest BCUT2D eigenvalue weighted by molar-refractivity contribution is 6.31. The van der Waals surface area contributed by atoms with E-state index in [1.165, 1.54) is 11.1 Å². The third kappa shape index (κ3) is 2.87. The van der Waals surface area contributed by atoms with E-state index in [0.717, 1.165) is 18.7 Å². The van der Waals surface area contributed by atoms with E-state index in [4.69, 9.17) is 11.6 Å². The van der Waals surface area contributed by atoms with Crippen LogP contribution >= 0.6 is 11.6 Å². The zero-order valence-corrected chi connectivity index (χ0v) is 14.9. The third-order valence-electron chi connectivity index (χ3n) is 4.65. The second kappa shape index (κ2) is 6.11. The molecule has 1 aliphatic heterocycles. The molecule has 4 rings (SSSR count). The summed E-state index contributed by atoms with van der Waals surface area (Å²) in [6.45, 7) is 5.07. The average molecular weight is 356 g/mol. The quantitative estimate of drug-likeness (QED) is 0.708. The lowest BCUT2D eigenvalue weighted by atomic mass is 10.00. The Morgan fingerprint density at radius 1 is 1.20 bits per heavy atom. The Morgan fingerprint density at radius 3 is 2.76 bits per heavy atom. The van der Waals surface area contributed by atoms with Gasteiger partial charge in [-0.1, -0.05) is 35.9 Å². The molecule has 128 valence electrons. The molecule has 25 heavy (non-hydrogen) atoms. The van der Waals surface area contributed by atoms with Crippen molar-refractivity contribution in [2.45, 2.75) is 33.2 Å². The SMILES string of the molecule is Cc1nc2nc(CC(=O)N3CCc4ccccc4C3)nn2c(C)c1Cl. The minimum atomic E-state index is 0.0332. The van der Waals surface area contributed by atoms with Crippen molar-refractivity contribution in [3.05, 3.63) is 57.6 Å². The molecule has 0 aliphatic carbocycles. The second-order valence-corrected chi connectivity index (χ2v) is 6.73. The van der Waals surface area contributed by atoms with Gasteiger partial charge in [0.15, 0.2) is 5.82 Å². The molecule has 3 aromatic rings. The van der Waals surface area contributed by atoms with Gasteiger partial charge >= 0.3 is 0 Å². The number of hydrogen-bond acceptors (Lipinski definition) is 4. The Kier molecular flexibility index (Phi) is 3.92. The molecular formula is C18H18ClN5O. The number of aryl methyl sites for hydroxylation is 2. The Balaban J connectivity index is 1.55. The van der Waals surface area contributed by atoms with Crippen LogP contribution in [0.25, 0.3) is 5.78 Å². The van der Waals surface area contributed by atoms with Crippen molar-refractivity contribution in [3.8, 4) is 0 Å². The first kappa shape index (κ1) is 16.0. The number of halogens is 1. The number of benzene rings is 1. The minimum Gasteiger partial charge on any atom is -0.338 e. The van der Waals surface area contributed by atoms with Crippen LogP contribution in [-0.2, 0) is 24.2 Å². The Bertz CT molecular complexity index is 981. The van der Waals surface area contributed by atoms with Crippen molar-refractivity contribution >= 4 is 23.3 Å². The molecular weight excluding hydrogens is 338 g/mol. The van der Waals surface area contributed by atoms with Gasteiger partial charge in [-0.15, -0.1) is 5.10 Å². The van der Waals surface area contributed by atoms with Gasteiger partial charge in [-0.2, -0.15) is 9.50 Å². The summed E-state index contributed by atoms with van der Waals surface area (Å²) in [6, 6.07) is 8.26. The van der Waals surface area contributed by atoms with Gasteiger partial charge in [0, 0.05) is 13.1 Å². The first-order chi connectivity index (χ1) is 12.0. The smallest absolute Gasteiger partial charge is 0.252 e. The zero-order chi connectivity index (χ0) is 17.6. The normalized spacial score (nSPS) is 14.0. The van der Waals surface area contributed by atoms with Gasteiger partial charge in [0.2, 0.25) is 5.91 Å². The summed E-state index contributed by atoms with van der Waals surface area (Å²) in [5, 5.41) is 4.98. The standard InChI is InChI=1S/C18H18ClN5O/c1-11-17(19)12(2)24-18(20-11)21-15(22-24)9-16(25)23-8-7-13-5-3-4-6-14(13)10-23/h3-6H,7-10H2,1-2H3. The predicted molar refractivity (Wildman–Crippen MR) is 94.5 cm³/mol. The third-order valence-corrected chi connectivity index (χ3v) is 5.19. The molecule has 0 unspecified atom stereocenters. The molecule has 0 saturated carbocycles. The van der Waals surface area contributed by atoms with Crippen molar-refractivity contribution in [1.29, 1.82) is 0 Å². The largest absolute Gasteiger partial charge is 0.338 e. The van der Waals surface area contributed by atoms with Crippen molar-refractivity contribution < 1.29 is 4.79 Å². The molecule has 7 heteroatoms. The van der Waals surface area contributed by atoms with Crippen molar-refractivity contribution in [2.24, 2.45) is 0 Å². The van der Waals surface area contributed by atoms with Gasteiger partial charge in [0.05, 0.1) is 22.8 Å². The minimum absolute atomic E-state index is 0.0332. The first-order valence-electron chi connectivity index (χ1n) is 8.26. The van der Waals surface area contributed by atoms with Crippen LogP contribution < -0.4 is 0 Å². The summed E-state index contributed by atoms with van der Waals surface area (Å²) in [5.41, 5.74) is 4.03. The molecule has 0 atom stereocenters. The summed E-state index contributed by atoms with van der Waals surface area (Å²) in [6.07, 6.45) is 1.05. The first-order valence-corrected chi connectivity index (χ1v) is 8.63. The van der Waals surface area contributed by atoms with E-state index >= 15 is 0 Å². The molecule has 0 bridgehead atoms. The molecule has 1 aliphatic rings. The molecule has 1 aromatic carbocycles. The number of aromatic nitrogens is 4. The van der Waals surface area contributed by atoms with E-state index in [-0.39, 0.29) is 12.3 Å². The summed E-state index contributed by atoms with van der Waals surface area (Å²) in [7, 11) is 0. The van der Waals surface area contributed by atoms with Crippen LogP contribution in [0.5, 0.6) is 0 Å². The van der Waals surface area contributed by atoms with E-state index < -0.39 is 0 Å². The van der Waals surface area contributed by atoms with Crippen LogP contribution in [0.1, 0.15) is 28.3 Å². The maximum Gasteiger partial charge on any atom is 0.252 e. The van der Waals surface area contributed by atoms with Gasteiger partial charge in [0.1, 0.15) is 0 Å². The van der Waals surface area contributed by atoms with Crippen LogP contribution in [-0.4, -0.2) is 36.9 Å². The number of fused-ring (bicyclic) bond motifs is 2. The zero-order valence-electron chi connectivity index (χ0n) is 14.2. The molecule has 0 N–H and O–H groups in total. The molecule has 0 spiro atoms. The van der Waals surface area contributed by atoms with Crippen LogP contribution in [0.15, 0.2) is 24.3 Å². The Morgan fingerprint density at radius 2 is 1.96 bits per heavy atom. The number of amides is 1. The van der Waals surface area contributed by atoms with Crippen LogP contribution in [0.4, 0.5) is 0 Å². The highest BCUT2D eigenvalue weighted by atomic mass is 35.5. The topological polar surface area (TPSA) is 63.4 Å². The Hall–Kier alpha value is -2.47. The van der Waals surface area contributed by atoms with Crippen molar-refractivity contribution in [3.63, 3.8) is 0 Å². The molecule has 0 saturated heterocycles. The number of hydrogen-bond donors (Lipinski definition) is 0. The van der Waals surface area contributed by atoms with Gasteiger partial charge in [-0.3, -0.25) is 4.79 Å². The lowest BCUT2D eigenvalue weighted by molar-refractivity contribution is -0.131. The molecule has 0 radical (unpaired) electrons. The lowest BCUT2D eigenvalue weighted by Crippen LogP contribution is -2.37. The van der Waals surface area contributed by atoms with E-state index in [0.29, 0.717) is 28.9 Å². The van der Waals surface area contributed by atoms with E-state index in [1.807, 2.05) is 30.9 Å². The highest BCUT2D eigenvalue weighted by Crippen LogP contribution is 2.20. The monoisotopic (exact) mass is 355 g/mol. The van der Waals surface area contributed by atoms with Crippen LogP contribution in [0.3, 0.4) is 0 Å². The molecule has 3 heterocycles. The van der Waals surface area contributed by atoms with Crippen LogP contribution in [0, 0.1) is 13.8 Å². The maximum atomic E-state index is 12.7. The summed E-state index contributed by atoms with van der Waals surface area (Å²) >= 11 is 6.21. The number of rotatable bonds is 2. The second-order valence-electron chi connectivity index (χ2n) is 6.35. The molecule has 0 fully saturated rings. The highest BCUT2D eigenvalue weighted by Gasteiger charge is 2.22. The molecule has 1 amide bonds.